The molecule has 3 N–H and O–H groups in total. The van der Waals surface area contributed by atoms with E-state index < -0.39 is 23.3 Å². The number of piperazine rings is 1. The molecule has 4 aliphatic heterocycles. The molecule has 42 heavy (non-hydrogen) atoms. The molecule has 0 aliphatic carbocycles. The molecule has 0 spiro atoms. The number of fused-ring (bicyclic) bond motifs is 4. The van der Waals surface area contributed by atoms with Crippen molar-refractivity contribution in [2.24, 2.45) is 0 Å². The van der Waals surface area contributed by atoms with E-state index >= 15 is 4.39 Å². The van der Waals surface area contributed by atoms with Crippen molar-refractivity contribution in [3.8, 4) is 29.1 Å². The van der Waals surface area contributed by atoms with Gasteiger partial charge in [-0.3, -0.25) is 4.90 Å². The molecule has 7 rings (SSSR count). The van der Waals surface area contributed by atoms with Crippen LogP contribution in [0.25, 0.3) is 22.2 Å². The van der Waals surface area contributed by atoms with E-state index in [1.807, 2.05) is 0 Å². The number of rotatable bonds is 5. The van der Waals surface area contributed by atoms with E-state index in [1.54, 1.807) is 6.92 Å². The quantitative estimate of drug-likeness (QED) is 0.329. The van der Waals surface area contributed by atoms with Crippen LogP contribution in [-0.4, -0.2) is 76.4 Å². The highest BCUT2D eigenvalue weighted by atomic mass is 35.5. The number of aromatic nitrogens is 3. The number of hydrogen-bond acceptors (Lipinski definition) is 8. The summed E-state index contributed by atoms with van der Waals surface area (Å²) < 4.78 is 51.6. The van der Waals surface area contributed by atoms with Crippen molar-refractivity contribution in [3.05, 3.63) is 34.5 Å². The highest BCUT2D eigenvalue weighted by Crippen LogP contribution is 2.42. The number of ether oxygens (including phenoxy) is 1. The Balaban J connectivity index is 1.40. The number of halogens is 4. The topological polar surface area (TPSA) is 92.4 Å². The molecule has 2 aromatic heterocycles. The van der Waals surface area contributed by atoms with E-state index in [4.69, 9.17) is 27.1 Å². The van der Waals surface area contributed by atoms with Crippen molar-refractivity contribution in [3.63, 3.8) is 0 Å². The standard InChI is InChI=1S/C30H31ClF3N7O/c1-2-4-22-23-27(24(34)26(37-22)20-9-16(32)10-21(31)25(20)35)38-29(39-28(23)40-13-18-5-6-19(14-40)36-18)42-15-30-7-3-8-41(30)12-17(33)11-30/h9-10,17-19,36H,3,5-8,11-15,35H2,1H3/t17-,18-,19+,30+/m1/s1. The van der Waals surface area contributed by atoms with Gasteiger partial charge in [0, 0.05) is 43.7 Å². The Hall–Kier alpha value is -3.33. The molecule has 0 amide bonds. The van der Waals surface area contributed by atoms with Gasteiger partial charge in [-0.15, -0.1) is 0 Å². The van der Waals surface area contributed by atoms with Crippen molar-refractivity contribution in [1.29, 1.82) is 0 Å². The number of nitrogens with two attached hydrogens (primary N) is 1. The van der Waals surface area contributed by atoms with Gasteiger partial charge in [-0.25, -0.2) is 18.2 Å². The SMILES string of the molecule is CC#Cc1nc(-c2cc(F)cc(Cl)c2N)c(F)c2nc(OC[C@@]34CCCN3C[C@H](F)C4)nc(N3C[C@H]4CC[C@@H](C3)N4)c12. The molecule has 8 nitrogen and oxygen atoms in total. The maximum atomic E-state index is 16.6. The Morgan fingerprint density at radius 2 is 1.95 bits per heavy atom. The number of nitrogen functional groups attached to an aromatic ring is 1. The minimum atomic E-state index is -0.914. The molecule has 1 aromatic carbocycles. The van der Waals surface area contributed by atoms with Gasteiger partial charge in [-0.1, -0.05) is 17.5 Å². The number of alkyl halides is 1. The average Bonchev–Trinajstić information content (AvgIpc) is 3.61. The molecule has 4 aliphatic rings. The molecule has 12 heteroatoms. The third-order valence-electron chi connectivity index (χ3n) is 9.09. The average molecular weight is 598 g/mol. The van der Waals surface area contributed by atoms with E-state index in [2.05, 4.69) is 36.9 Å². The highest BCUT2D eigenvalue weighted by Gasteiger charge is 2.49. The molecule has 4 fully saturated rings. The number of pyridine rings is 1. The number of anilines is 2. The summed E-state index contributed by atoms with van der Waals surface area (Å²) in [5.74, 6) is 4.82. The Morgan fingerprint density at radius 3 is 2.71 bits per heavy atom. The maximum absolute atomic E-state index is 16.6. The molecular weight excluding hydrogens is 567 g/mol. The first kappa shape index (κ1) is 27.5. The molecule has 0 unspecified atom stereocenters. The first-order valence-electron chi connectivity index (χ1n) is 14.4. The lowest BCUT2D eigenvalue weighted by Crippen LogP contribution is -2.51. The molecule has 2 bridgehead atoms. The molecule has 4 atom stereocenters. The highest BCUT2D eigenvalue weighted by molar-refractivity contribution is 6.33. The van der Waals surface area contributed by atoms with Gasteiger partial charge in [0.2, 0.25) is 0 Å². The number of nitrogens with zero attached hydrogens (tertiary/aromatic N) is 5. The van der Waals surface area contributed by atoms with Gasteiger partial charge < -0.3 is 20.7 Å². The van der Waals surface area contributed by atoms with Crippen molar-refractivity contribution in [2.45, 2.75) is 62.8 Å². The van der Waals surface area contributed by atoms with Crippen LogP contribution in [0.2, 0.25) is 5.02 Å². The van der Waals surface area contributed by atoms with E-state index in [0.717, 1.165) is 44.4 Å². The lowest BCUT2D eigenvalue weighted by molar-refractivity contribution is 0.107. The Morgan fingerprint density at radius 1 is 1.17 bits per heavy atom. The van der Waals surface area contributed by atoms with Crippen LogP contribution in [0, 0.1) is 23.5 Å². The van der Waals surface area contributed by atoms with Crippen LogP contribution in [0.5, 0.6) is 6.01 Å². The van der Waals surface area contributed by atoms with Crippen LogP contribution in [0.15, 0.2) is 12.1 Å². The van der Waals surface area contributed by atoms with Crippen LogP contribution >= 0.6 is 11.6 Å². The molecular formula is C30H31ClF3N7O. The fourth-order valence-corrected chi connectivity index (χ4v) is 7.42. The molecule has 0 radical (unpaired) electrons. The monoisotopic (exact) mass is 597 g/mol. The minimum Gasteiger partial charge on any atom is -0.461 e. The summed E-state index contributed by atoms with van der Waals surface area (Å²) in [5.41, 5.74) is 5.70. The Bertz CT molecular complexity index is 1630. The third-order valence-corrected chi connectivity index (χ3v) is 9.40. The zero-order valence-corrected chi connectivity index (χ0v) is 23.9. The lowest BCUT2D eigenvalue weighted by Gasteiger charge is -2.35. The second kappa shape index (κ2) is 10.4. The van der Waals surface area contributed by atoms with E-state index in [9.17, 15) is 8.78 Å². The van der Waals surface area contributed by atoms with Crippen LogP contribution in [0.4, 0.5) is 24.7 Å². The third kappa shape index (κ3) is 4.60. The number of hydrogen-bond donors (Lipinski definition) is 2. The molecule has 0 saturated carbocycles. The van der Waals surface area contributed by atoms with Crippen molar-refractivity contribution < 1.29 is 17.9 Å². The fraction of sp³-hybridized carbons (Fsp3) is 0.500. The minimum absolute atomic E-state index is 0.00169. The second-order valence-electron chi connectivity index (χ2n) is 11.8. The molecule has 220 valence electrons. The first-order chi connectivity index (χ1) is 20.2. The first-order valence-corrected chi connectivity index (χ1v) is 14.7. The Labute approximate surface area is 246 Å². The van der Waals surface area contributed by atoms with Gasteiger partial charge in [0.15, 0.2) is 5.82 Å². The smallest absolute Gasteiger partial charge is 0.319 e. The van der Waals surface area contributed by atoms with Crippen LogP contribution < -0.4 is 20.7 Å². The van der Waals surface area contributed by atoms with Crippen LogP contribution in [-0.2, 0) is 0 Å². The number of benzene rings is 1. The van der Waals surface area contributed by atoms with Crippen LogP contribution in [0.1, 0.15) is 44.7 Å². The molecule has 4 saturated heterocycles. The lowest BCUT2D eigenvalue weighted by atomic mass is 9.95. The van der Waals surface area contributed by atoms with Gasteiger partial charge >= 0.3 is 6.01 Å². The van der Waals surface area contributed by atoms with E-state index in [-0.39, 0.29) is 57.9 Å². The summed E-state index contributed by atoms with van der Waals surface area (Å²) in [7, 11) is 0. The van der Waals surface area contributed by atoms with Gasteiger partial charge in [-0.2, -0.15) is 9.97 Å². The van der Waals surface area contributed by atoms with Gasteiger partial charge in [0.1, 0.15) is 41.3 Å². The summed E-state index contributed by atoms with van der Waals surface area (Å²) >= 11 is 6.15. The fourth-order valence-electron chi connectivity index (χ4n) is 7.21. The molecule has 6 heterocycles. The van der Waals surface area contributed by atoms with Gasteiger partial charge in [0.05, 0.1) is 21.6 Å². The largest absolute Gasteiger partial charge is 0.461 e. The summed E-state index contributed by atoms with van der Waals surface area (Å²) in [4.78, 5) is 18.1. The van der Waals surface area contributed by atoms with Gasteiger partial charge in [-0.05, 0) is 57.2 Å². The zero-order chi connectivity index (χ0) is 29.2. The van der Waals surface area contributed by atoms with Crippen molar-refractivity contribution in [2.75, 3.05) is 43.4 Å². The van der Waals surface area contributed by atoms with Crippen molar-refractivity contribution in [1.82, 2.24) is 25.2 Å². The van der Waals surface area contributed by atoms with E-state index in [1.165, 1.54) is 0 Å². The number of nitrogens with one attached hydrogen (secondary N) is 1. The summed E-state index contributed by atoms with van der Waals surface area (Å²) in [6.07, 6.45) is 3.31. The summed E-state index contributed by atoms with van der Waals surface area (Å²) in [6, 6.07) is 2.69. The normalized spacial score (nSPS) is 26.9. The predicted molar refractivity (Wildman–Crippen MR) is 155 cm³/mol. The second-order valence-corrected chi connectivity index (χ2v) is 12.2. The maximum Gasteiger partial charge on any atom is 0.319 e. The molecule has 3 aromatic rings. The summed E-state index contributed by atoms with van der Waals surface area (Å²) in [6.45, 7) is 4.38. The summed E-state index contributed by atoms with van der Waals surface area (Å²) in [5, 5.41) is 3.90. The Kier molecular flexibility index (Phi) is 6.83. The van der Waals surface area contributed by atoms with Crippen LogP contribution in [0.3, 0.4) is 0 Å². The zero-order valence-electron chi connectivity index (χ0n) is 23.2. The van der Waals surface area contributed by atoms with Gasteiger partial charge in [0.25, 0.3) is 0 Å². The van der Waals surface area contributed by atoms with Crippen molar-refractivity contribution >= 4 is 34.0 Å². The predicted octanol–water partition coefficient (Wildman–Crippen LogP) is 4.47. The van der Waals surface area contributed by atoms with E-state index in [0.29, 0.717) is 37.3 Å².